The fourth-order valence-electron chi connectivity index (χ4n) is 16.1. The van der Waals surface area contributed by atoms with Gasteiger partial charge in [0.25, 0.3) is 0 Å². The smallest absolute Gasteiger partial charge is 0.156 e. The Morgan fingerprint density at radius 2 is 0.642 bits per heavy atom. The van der Waals surface area contributed by atoms with E-state index in [4.69, 9.17) is 18.9 Å². The summed E-state index contributed by atoms with van der Waals surface area (Å²) in [6.07, 6.45) is 1.10. The third-order valence-corrected chi connectivity index (χ3v) is 21.0. The molecule has 450 valence electrons. The molecule has 16 aromatic rings. The van der Waals surface area contributed by atoms with Gasteiger partial charge in [-0.25, -0.2) is 0 Å². The molecule has 6 heterocycles. The van der Waals surface area contributed by atoms with Crippen molar-refractivity contribution in [3.8, 4) is 68.5 Å². The van der Waals surface area contributed by atoms with Gasteiger partial charge < -0.3 is 28.1 Å². The summed E-state index contributed by atoms with van der Waals surface area (Å²) in [4.78, 5) is 0. The van der Waals surface area contributed by atoms with Crippen LogP contribution in [0.4, 0.5) is 0 Å². The molecule has 21 rings (SSSR count). The summed E-state index contributed by atoms with van der Waals surface area (Å²) >= 11 is 7.39. The van der Waals surface area contributed by atoms with Crippen molar-refractivity contribution in [3.63, 3.8) is 0 Å². The van der Waals surface area contributed by atoms with Gasteiger partial charge in [0.1, 0.15) is 40.2 Å². The van der Waals surface area contributed by atoms with E-state index in [1.54, 1.807) is 0 Å². The van der Waals surface area contributed by atoms with E-state index in [1.807, 2.05) is 42.5 Å². The van der Waals surface area contributed by atoms with Crippen LogP contribution in [-0.2, 0) is 17.3 Å². The van der Waals surface area contributed by atoms with Crippen LogP contribution in [0.5, 0.6) is 46.0 Å². The van der Waals surface area contributed by atoms with Crippen molar-refractivity contribution in [2.75, 3.05) is 0 Å². The molecule has 2 spiro atoms. The topological polar surface area (TPSA) is 46.8 Å². The maximum atomic E-state index is 7.26. The molecule has 0 saturated heterocycles. The second-order valence-corrected chi connectivity index (χ2v) is 26.5. The normalized spacial score (nSPS) is 13.8. The quantitative estimate of drug-likeness (QED) is 0.173. The van der Waals surface area contributed by atoms with E-state index in [0.717, 1.165) is 128 Å². The largest absolute Gasteiger partial charge is 0.457 e. The lowest BCUT2D eigenvalue weighted by atomic mass is 9.62. The summed E-state index contributed by atoms with van der Waals surface area (Å²) < 4.78 is 33.4. The van der Waals surface area contributed by atoms with E-state index in [1.165, 1.54) is 54.8 Å². The van der Waals surface area contributed by atoms with Gasteiger partial charge in [0, 0.05) is 76.2 Å². The molecule has 0 amide bonds. The minimum absolute atomic E-state index is 0.540. The van der Waals surface area contributed by atoms with Crippen LogP contribution in [0.3, 0.4) is 0 Å². The zero-order valence-electron chi connectivity index (χ0n) is 51.0. The van der Waals surface area contributed by atoms with Crippen LogP contribution in [0.2, 0.25) is 0 Å². The molecular formula is C87H54Br2N2O4. The Morgan fingerprint density at radius 1 is 0.274 bits per heavy atom. The van der Waals surface area contributed by atoms with Crippen LogP contribution in [0.25, 0.3) is 66.1 Å². The monoisotopic (exact) mass is 1350 g/mol. The minimum atomic E-state index is -0.752. The van der Waals surface area contributed by atoms with Crippen LogP contribution >= 0.6 is 31.9 Å². The molecule has 0 unspecified atom stereocenters. The van der Waals surface area contributed by atoms with E-state index in [-0.39, 0.29) is 0 Å². The maximum Gasteiger partial charge on any atom is 0.156 e. The minimum Gasteiger partial charge on any atom is -0.457 e. The first-order chi connectivity index (χ1) is 46.9. The molecule has 2 aromatic heterocycles. The molecule has 0 N–H and O–H groups in total. The summed E-state index contributed by atoms with van der Waals surface area (Å²) in [5.41, 5.74) is 19.9. The molecule has 0 fully saturated rings. The molecule has 6 nitrogen and oxygen atoms in total. The highest BCUT2D eigenvalue weighted by Gasteiger charge is 2.53. The average molecular weight is 1350 g/mol. The summed E-state index contributed by atoms with van der Waals surface area (Å²) in [6.45, 7) is 0. The SMILES string of the molecule is Brc1ccc2c(c1)C1(c3ccccc3Oc3ccccc31)c1cccc(Br)c1O2.c1ccc2c(c1)Cc1ccccc1-2.c1ccc2c(c1)Oc1ccccc1C21c2cc(-n3c4ccccc4c4ccccc43)ccc2Oc2c(-n3c4ccccc4c4ccccc43)cccc21. The van der Waals surface area contributed by atoms with E-state index >= 15 is 0 Å². The number of aromatic nitrogens is 2. The van der Waals surface area contributed by atoms with Crippen molar-refractivity contribution in [1.82, 2.24) is 9.13 Å². The van der Waals surface area contributed by atoms with Crippen LogP contribution < -0.4 is 18.9 Å². The lowest BCUT2D eigenvalue weighted by Crippen LogP contribution is -2.37. The fraction of sp³-hybridized carbons (Fsp3) is 0.0345. The maximum absolute atomic E-state index is 7.26. The summed E-state index contributed by atoms with van der Waals surface area (Å²) in [6, 6.07) is 111. The van der Waals surface area contributed by atoms with Crippen molar-refractivity contribution >= 4 is 75.5 Å². The Hall–Kier alpha value is -11.2. The summed E-state index contributed by atoms with van der Waals surface area (Å²) in [5, 5.41) is 4.89. The van der Waals surface area contributed by atoms with Gasteiger partial charge in [-0.3, -0.25) is 0 Å². The highest BCUT2D eigenvalue weighted by molar-refractivity contribution is 9.10. The van der Waals surface area contributed by atoms with E-state index < -0.39 is 10.8 Å². The molecule has 14 aromatic carbocycles. The highest BCUT2D eigenvalue weighted by Crippen LogP contribution is 2.65. The van der Waals surface area contributed by atoms with Gasteiger partial charge in [-0.05, 0) is 142 Å². The molecule has 0 bridgehead atoms. The Labute approximate surface area is 565 Å². The first-order valence-electron chi connectivity index (χ1n) is 32.0. The predicted molar refractivity (Wildman–Crippen MR) is 389 cm³/mol. The number of benzene rings is 14. The van der Waals surface area contributed by atoms with Crippen LogP contribution in [0.1, 0.15) is 55.6 Å². The molecule has 0 saturated carbocycles. The molecular weight excluding hydrogens is 1300 g/mol. The van der Waals surface area contributed by atoms with E-state index in [9.17, 15) is 0 Å². The second-order valence-electron chi connectivity index (χ2n) is 24.7. The van der Waals surface area contributed by atoms with Crippen molar-refractivity contribution in [2.24, 2.45) is 0 Å². The third kappa shape index (κ3) is 8.21. The van der Waals surface area contributed by atoms with Gasteiger partial charge in [-0.2, -0.15) is 0 Å². The Bertz CT molecular complexity index is 5610. The summed E-state index contributed by atoms with van der Waals surface area (Å²) in [7, 11) is 0. The van der Waals surface area contributed by atoms with E-state index in [2.05, 4.69) is 314 Å². The molecule has 0 atom stereocenters. The number of halogens is 2. The van der Waals surface area contributed by atoms with Crippen LogP contribution in [0, 0.1) is 0 Å². The van der Waals surface area contributed by atoms with Crippen molar-refractivity contribution in [1.29, 1.82) is 0 Å². The Kier molecular flexibility index (Phi) is 12.7. The molecule has 5 aliphatic rings. The standard InChI is InChI=1S/C49H30N2O2.C25H14Br2O2.C13H10/c1-7-21-40-32(14-1)33-15-2-8-22-41(33)50(40)31-28-29-47-39(30-31)49(36-18-5-11-26-45(36)52-46-27-12-6-19-37(46)49)38-20-13-25-44(48(38)53-47)51-42-23-9-3-16-34(42)35-17-4-10-24-43(35)51;26-15-12-13-23-19(14-15)25(18-8-5-9-20(27)24(18)29-23)16-6-1-3-10-21(16)28-22-11-4-2-7-17(22)25;1-3-7-12-10(5-1)9-11-6-2-4-8-13(11)12/h1-30H;1-14H;1-8H,9H2. The zero-order valence-corrected chi connectivity index (χ0v) is 54.2. The highest BCUT2D eigenvalue weighted by atomic mass is 79.9. The zero-order chi connectivity index (χ0) is 62.9. The number of nitrogens with zero attached hydrogens (tertiary/aromatic N) is 2. The number of hydrogen-bond acceptors (Lipinski definition) is 4. The van der Waals surface area contributed by atoms with E-state index in [0.29, 0.717) is 0 Å². The van der Waals surface area contributed by atoms with Gasteiger partial charge in [-0.1, -0.05) is 234 Å². The molecule has 95 heavy (non-hydrogen) atoms. The van der Waals surface area contributed by atoms with Crippen molar-refractivity contribution in [2.45, 2.75) is 17.3 Å². The second kappa shape index (κ2) is 21.7. The molecule has 0 radical (unpaired) electrons. The third-order valence-electron chi connectivity index (χ3n) is 19.9. The molecule has 8 heteroatoms. The molecule has 1 aliphatic carbocycles. The van der Waals surface area contributed by atoms with Gasteiger partial charge in [0.2, 0.25) is 0 Å². The molecule has 4 aliphatic heterocycles. The Morgan fingerprint density at radius 3 is 1.15 bits per heavy atom. The van der Waals surface area contributed by atoms with Gasteiger partial charge in [-0.15, -0.1) is 0 Å². The number of ether oxygens (including phenoxy) is 4. The van der Waals surface area contributed by atoms with Gasteiger partial charge in [0.15, 0.2) is 5.75 Å². The van der Waals surface area contributed by atoms with Gasteiger partial charge >= 0.3 is 0 Å². The first kappa shape index (κ1) is 55.5. The predicted octanol–water partition coefficient (Wildman–Crippen LogP) is 23.5. The number of fused-ring (bicyclic) bond motifs is 25. The fourth-order valence-corrected chi connectivity index (χ4v) is 16.9. The van der Waals surface area contributed by atoms with Crippen molar-refractivity contribution in [3.05, 3.63) is 380 Å². The Balaban J connectivity index is 0.000000126. The van der Waals surface area contributed by atoms with Crippen LogP contribution in [0.15, 0.2) is 324 Å². The lowest BCUT2D eigenvalue weighted by molar-refractivity contribution is 0.397. The van der Waals surface area contributed by atoms with Gasteiger partial charge in [0.05, 0.1) is 43.1 Å². The van der Waals surface area contributed by atoms with Crippen LogP contribution in [-0.4, -0.2) is 9.13 Å². The lowest BCUT2D eigenvalue weighted by Gasteiger charge is -2.45. The number of rotatable bonds is 2. The first-order valence-corrected chi connectivity index (χ1v) is 33.6. The number of para-hydroxylation sites is 10. The van der Waals surface area contributed by atoms with Crippen molar-refractivity contribution < 1.29 is 18.9 Å². The summed E-state index contributed by atoms with van der Waals surface area (Å²) in [5.74, 6) is 6.76. The number of hydrogen-bond donors (Lipinski definition) is 0. The average Bonchev–Trinajstić information content (AvgIpc) is 1.20.